The van der Waals surface area contributed by atoms with Gasteiger partial charge in [0.05, 0.1) is 13.2 Å². The summed E-state index contributed by atoms with van der Waals surface area (Å²) in [5, 5.41) is 0. The Morgan fingerprint density at radius 3 is 2.64 bits per heavy atom. The zero-order valence-electron chi connectivity index (χ0n) is 8.86. The predicted octanol–water partition coefficient (Wildman–Crippen LogP) is 0.834. The molecule has 1 rings (SSSR count). The van der Waals surface area contributed by atoms with E-state index in [0.717, 1.165) is 25.7 Å². The number of hydrogen-bond acceptors (Lipinski definition) is 4. The minimum Gasteiger partial charge on any atom is -0.467 e. The van der Waals surface area contributed by atoms with E-state index in [-0.39, 0.29) is 18.1 Å². The molecule has 4 nitrogen and oxygen atoms in total. The van der Waals surface area contributed by atoms with Crippen molar-refractivity contribution >= 4 is 5.97 Å². The summed E-state index contributed by atoms with van der Waals surface area (Å²) in [6, 6.07) is 0.0656. The molecule has 0 amide bonds. The van der Waals surface area contributed by atoms with Crippen LogP contribution < -0.4 is 5.73 Å². The first-order chi connectivity index (χ1) is 6.65. The van der Waals surface area contributed by atoms with Crippen molar-refractivity contribution in [2.45, 2.75) is 50.9 Å². The second kappa shape index (κ2) is 5.32. The molecule has 0 heterocycles. The number of esters is 1. The monoisotopic (exact) mass is 201 g/mol. The first-order valence-electron chi connectivity index (χ1n) is 5.14. The topological polar surface area (TPSA) is 61.5 Å². The number of carbonyl (C=O) groups excluding carboxylic acids is 1. The van der Waals surface area contributed by atoms with Gasteiger partial charge in [-0.2, -0.15) is 0 Å². The van der Waals surface area contributed by atoms with Gasteiger partial charge in [0.2, 0.25) is 0 Å². The predicted molar refractivity (Wildman–Crippen MR) is 52.8 cm³/mol. The Morgan fingerprint density at radius 2 is 2.07 bits per heavy atom. The summed E-state index contributed by atoms with van der Waals surface area (Å²) in [6.45, 7) is 1.70. The Hall–Kier alpha value is -0.610. The van der Waals surface area contributed by atoms with Crippen LogP contribution in [0.5, 0.6) is 0 Å². The zero-order chi connectivity index (χ0) is 10.6. The van der Waals surface area contributed by atoms with Crippen LogP contribution in [-0.2, 0) is 14.3 Å². The highest BCUT2D eigenvalue weighted by molar-refractivity contribution is 5.73. The quantitative estimate of drug-likeness (QED) is 0.687. The standard InChI is InChI=1S/C10H19NO3/c1-7(10(12)13-2)14-9-6-4-3-5-8(9)11/h7-9H,3-6,11H2,1-2H3. The Kier molecular flexibility index (Phi) is 4.35. The van der Waals surface area contributed by atoms with Gasteiger partial charge in [-0.15, -0.1) is 0 Å². The van der Waals surface area contributed by atoms with E-state index in [9.17, 15) is 4.79 Å². The van der Waals surface area contributed by atoms with E-state index in [1.165, 1.54) is 7.11 Å². The van der Waals surface area contributed by atoms with Gasteiger partial charge in [-0.05, 0) is 19.8 Å². The largest absolute Gasteiger partial charge is 0.467 e. The van der Waals surface area contributed by atoms with Crippen molar-refractivity contribution in [2.75, 3.05) is 7.11 Å². The Morgan fingerprint density at radius 1 is 1.43 bits per heavy atom. The maximum atomic E-state index is 11.1. The third kappa shape index (κ3) is 2.96. The highest BCUT2D eigenvalue weighted by atomic mass is 16.6. The van der Waals surface area contributed by atoms with Gasteiger partial charge in [0, 0.05) is 6.04 Å². The van der Waals surface area contributed by atoms with Gasteiger partial charge in [-0.1, -0.05) is 12.8 Å². The first-order valence-corrected chi connectivity index (χ1v) is 5.14. The van der Waals surface area contributed by atoms with E-state index in [1.54, 1.807) is 6.92 Å². The van der Waals surface area contributed by atoms with E-state index < -0.39 is 6.10 Å². The summed E-state index contributed by atoms with van der Waals surface area (Å²) in [7, 11) is 1.36. The molecular formula is C10H19NO3. The molecule has 1 aliphatic rings. The van der Waals surface area contributed by atoms with E-state index in [2.05, 4.69) is 4.74 Å². The van der Waals surface area contributed by atoms with Gasteiger partial charge in [-0.3, -0.25) is 0 Å². The lowest BCUT2D eigenvalue weighted by Crippen LogP contribution is -2.42. The van der Waals surface area contributed by atoms with Gasteiger partial charge in [0.15, 0.2) is 6.10 Å². The van der Waals surface area contributed by atoms with Crippen LogP contribution in [0, 0.1) is 0 Å². The maximum absolute atomic E-state index is 11.1. The number of ether oxygens (including phenoxy) is 2. The smallest absolute Gasteiger partial charge is 0.334 e. The highest BCUT2D eigenvalue weighted by Gasteiger charge is 2.26. The van der Waals surface area contributed by atoms with Crippen molar-refractivity contribution < 1.29 is 14.3 Å². The molecule has 0 bridgehead atoms. The molecule has 0 aliphatic heterocycles. The van der Waals surface area contributed by atoms with Crippen LogP contribution in [0.3, 0.4) is 0 Å². The Bertz CT molecular complexity index is 196. The van der Waals surface area contributed by atoms with Crippen LogP contribution in [0.25, 0.3) is 0 Å². The molecule has 14 heavy (non-hydrogen) atoms. The Labute approximate surface area is 84.7 Å². The minimum atomic E-state index is -0.505. The summed E-state index contributed by atoms with van der Waals surface area (Å²) < 4.78 is 10.1. The fourth-order valence-electron chi connectivity index (χ4n) is 1.78. The van der Waals surface area contributed by atoms with E-state index >= 15 is 0 Å². The average molecular weight is 201 g/mol. The number of nitrogens with two attached hydrogens (primary N) is 1. The van der Waals surface area contributed by atoms with Crippen molar-refractivity contribution in [3.05, 3.63) is 0 Å². The number of rotatable bonds is 3. The fraction of sp³-hybridized carbons (Fsp3) is 0.900. The van der Waals surface area contributed by atoms with Crippen molar-refractivity contribution in [1.29, 1.82) is 0 Å². The van der Waals surface area contributed by atoms with Gasteiger partial charge in [-0.25, -0.2) is 4.79 Å². The van der Waals surface area contributed by atoms with E-state index in [1.807, 2.05) is 0 Å². The highest BCUT2D eigenvalue weighted by Crippen LogP contribution is 2.20. The average Bonchev–Trinajstić information content (AvgIpc) is 2.20. The molecule has 1 aliphatic carbocycles. The normalized spacial score (nSPS) is 29.6. The molecule has 3 atom stereocenters. The molecule has 2 N–H and O–H groups in total. The molecule has 3 unspecified atom stereocenters. The molecule has 4 heteroatoms. The van der Waals surface area contributed by atoms with Gasteiger partial charge < -0.3 is 15.2 Å². The van der Waals surface area contributed by atoms with Crippen LogP contribution in [0.1, 0.15) is 32.6 Å². The lowest BCUT2D eigenvalue weighted by atomic mass is 9.93. The molecule has 0 radical (unpaired) electrons. The molecule has 82 valence electrons. The van der Waals surface area contributed by atoms with E-state index in [0.29, 0.717) is 0 Å². The molecule has 0 saturated heterocycles. The molecule has 0 aromatic carbocycles. The SMILES string of the molecule is COC(=O)C(C)OC1CCCCC1N. The third-order valence-corrected chi connectivity index (χ3v) is 2.67. The van der Waals surface area contributed by atoms with Crippen molar-refractivity contribution in [3.8, 4) is 0 Å². The van der Waals surface area contributed by atoms with Crippen LogP contribution in [0.2, 0.25) is 0 Å². The molecule has 0 aromatic heterocycles. The zero-order valence-corrected chi connectivity index (χ0v) is 8.86. The number of methoxy groups -OCH3 is 1. The third-order valence-electron chi connectivity index (χ3n) is 2.67. The van der Waals surface area contributed by atoms with Crippen LogP contribution in [0.4, 0.5) is 0 Å². The summed E-state index contributed by atoms with van der Waals surface area (Å²) in [5.41, 5.74) is 5.89. The lowest BCUT2D eigenvalue weighted by molar-refractivity contribution is -0.158. The van der Waals surface area contributed by atoms with Crippen LogP contribution >= 0.6 is 0 Å². The molecular weight excluding hydrogens is 182 g/mol. The molecule has 1 saturated carbocycles. The number of hydrogen-bond donors (Lipinski definition) is 1. The second-order valence-corrected chi connectivity index (χ2v) is 3.79. The summed E-state index contributed by atoms with van der Waals surface area (Å²) >= 11 is 0. The van der Waals surface area contributed by atoms with Gasteiger partial charge in [0.25, 0.3) is 0 Å². The van der Waals surface area contributed by atoms with Crippen molar-refractivity contribution in [1.82, 2.24) is 0 Å². The Balaban J connectivity index is 2.38. The minimum absolute atomic E-state index is 0.0119. The second-order valence-electron chi connectivity index (χ2n) is 3.79. The van der Waals surface area contributed by atoms with Gasteiger partial charge in [0.1, 0.15) is 0 Å². The summed E-state index contributed by atoms with van der Waals surface area (Å²) in [4.78, 5) is 11.1. The molecule has 0 aromatic rings. The molecule has 0 spiro atoms. The summed E-state index contributed by atoms with van der Waals surface area (Å²) in [6.07, 6.45) is 3.73. The van der Waals surface area contributed by atoms with E-state index in [4.69, 9.17) is 10.5 Å². The van der Waals surface area contributed by atoms with Crippen molar-refractivity contribution in [2.24, 2.45) is 5.73 Å². The lowest BCUT2D eigenvalue weighted by Gasteiger charge is -2.30. The first kappa shape index (κ1) is 11.5. The van der Waals surface area contributed by atoms with Crippen LogP contribution in [-0.4, -0.2) is 31.3 Å². The van der Waals surface area contributed by atoms with Gasteiger partial charge >= 0.3 is 5.97 Å². The number of carbonyl (C=O) groups is 1. The summed E-state index contributed by atoms with van der Waals surface area (Å²) in [5.74, 6) is -0.331. The van der Waals surface area contributed by atoms with Crippen molar-refractivity contribution in [3.63, 3.8) is 0 Å². The molecule has 1 fully saturated rings. The van der Waals surface area contributed by atoms with Crippen LogP contribution in [0.15, 0.2) is 0 Å². The maximum Gasteiger partial charge on any atom is 0.334 e. The fourth-order valence-corrected chi connectivity index (χ4v) is 1.78.